The number of rotatable bonds is 6. The first kappa shape index (κ1) is 15.7. The van der Waals surface area contributed by atoms with Crippen LogP contribution in [0.5, 0.6) is 0 Å². The Bertz CT molecular complexity index is 785. The van der Waals surface area contributed by atoms with E-state index in [1.165, 1.54) is 0 Å². The van der Waals surface area contributed by atoms with Crippen LogP contribution in [0.2, 0.25) is 0 Å². The van der Waals surface area contributed by atoms with Crippen LogP contribution >= 0.6 is 0 Å². The van der Waals surface area contributed by atoms with Gasteiger partial charge in [-0.3, -0.25) is 4.79 Å². The molecule has 0 bridgehead atoms. The predicted molar refractivity (Wildman–Crippen MR) is 93.7 cm³/mol. The lowest BCUT2D eigenvalue weighted by Crippen LogP contribution is -2.37. The minimum Gasteiger partial charge on any atom is -0.383 e. The van der Waals surface area contributed by atoms with Crippen LogP contribution in [0.15, 0.2) is 60.7 Å². The molecule has 2 aromatic carbocycles. The van der Waals surface area contributed by atoms with E-state index in [0.717, 1.165) is 11.3 Å². The van der Waals surface area contributed by atoms with Crippen LogP contribution in [0.25, 0.3) is 11.3 Å². The molecule has 1 amide bonds. The van der Waals surface area contributed by atoms with Crippen LogP contribution in [-0.2, 0) is 0 Å². The van der Waals surface area contributed by atoms with E-state index < -0.39 is 0 Å². The Balaban J connectivity index is 1.62. The Kier molecular flexibility index (Phi) is 4.86. The molecule has 0 radical (unpaired) electrons. The van der Waals surface area contributed by atoms with E-state index in [1.54, 1.807) is 0 Å². The number of hydrogen-bond donors (Lipinski definition) is 3. The quantitative estimate of drug-likeness (QED) is 0.652. The Morgan fingerprint density at radius 3 is 2.42 bits per heavy atom. The largest absolute Gasteiger partial charge is 0.383 e. The molecule has 0 aliphatic carbocycles. The van der Waals surface area contributed by atoms with Gasteiger partial charge in [0.2, 0.25) is 0 Å². The molecule has 3 rings (SSSR count). The number of nitrogens with one attached hydrogen (secondary N) is 3. The number of carbonyl (C=O) groups excluding carboxylic acids is 1. The maximum Gasteiger partial charge on any atom is 0.274 e. The first-order valence-electron chi connectivity index (χ1n) is 7.80. The van der Waals surface area contributed by atoms with Gasteiger partial charge in [0.05, 0.1) is 0 Å². The van der Waals surface area contributed by atoms with E-state index in [4.69, 9.17) is 0 Å². The Morgan fingerprint density at radius 2 is 1.71 bits per heavy atom. The van der Waals surface area contributed by atoms with E-state index in [-0.39, 0.29) is 11.9 Å². The minimum absolute atomic E-state index is 0.0574. The average Bonchev–Trinajstić information content (AvgIpc) is 3.11. The van der Waals surface area contributed by atoms with Gasteiger partial charge in [-0.2, -0.15) is 15.4 Å². The van der Waals surface area contributed by atoms with Crippen LogP contribution in [0.3, 0.4) is 0 Å². The second-order valence-electron chi connectivity index (χ2n) is 5.51. The van der Waals surface area contributed by atoms with Crippen molar-refractivity contribution in [3.05, 3.63) is 66.4 Å². The third-order valence-electron chi connectivity index (χ3n) is 3.57. The number of amides is 1. The molecular formula is C18H19N5O. The fourth-order valence-electron chi connectivity index (χ4n) is 2.36. The van der Waals surface area contributed by atoms with Crippen molar-refractivity contribution in [1.82, 2.24) is 20.7 Å². The third kappa shape index (κ3) is 3.78. The second kappa shape index (κ2) is 7.41. The third-order valence-corrected chi connectivity index (χ3v) is 3.57. The highest BCUT2D eigenvalue weighted by Gasteiger charge is 2.19. The van der Waals surface area contributed by atoms with Crippen molar-refractivity contribution in [2.45, 2.75) is 13.0 Å². The lowest BCUT2D eigenvalue weighted by molar-refractivity contribution is 0.0937. The van der Waals surface area contributed by atoms with Gasteiger partial charge in [0.15, 0.2) is 5.69 Å². The molecule has 1 atom stereocenters. The number of benzene rings is 2. The Morgan fingerprint density at radius 1 is 1.04 bits per heavy atom. The van der Waals surface area contributed by atoms with Gasteiger partial charge in [0.25, 0.3) is 5.91 Å². The van der Waals surface area contributed by atoms with Crippen LogP contribution in [-0.4, -0.2) is 33.9 Å². The molecule has 1 heterocycles. The van der Waals surface area contributed by atoms with Gasteiger partial charge >= 0.3 is 0 Å². The lowest BCUT2D eigenvalue weighted by atomic mass is 10.1. The summed E-state index contributed by atoms with van der Waals surface area (Å²) in [5, 5.41) is 16.8. The van der Waals surface area contributed by atoms with Gasteiger partial charge in [0, 0.05) is 23.8 Å². The van der Waals surface area contributed by atoms with Crippen molar-refractivity contribution in [3.8, 4) is 11.3 Å². The summed E-state index contributed by atoms with van der Waals surface area (Å²) in [6.45, 7) is 2.56. The summed E-state index contributed by atoms with van der Waals surface area (Å²) in [4.78, 5) is 12.5. The summed E-state index contributed by atoms with van der Waals surface area (Å²) in [5.74, 6) is -0.245. The van der Waals surface area contributed by atoms with Gasteiger partial charge < -0.3 is 10.6 Å². The van der Waals surface area contributed by atoms with Gasteiger partial charge in [-0.25, -0.2) is 0 Å². The lowest BCUT2D eigenvalue weighted by Gasteiger charge is -2.15. The van der Waals surface area contributed by atoms with Crippen molar-refractivity contribution in [2.24, 2.45) is 0 Å². The molecule has 0 saturated carbocycles. The van der Waals surface area contributed by atoms with E-state index in [0.29, 0.717) is 17.9 Å². The number of aromatic amines is 1. The summed E-state index contributed by atoms with van der Waals surface area (Å²) >= 11 is 0. The second-order valence-corrected chi connectivity index (χ2v) is 5.51. The summed E-state index contributed by atoms with van der Waals surface area (Å²) in [6.07, 6.45) is 0. The number of anilines is 1. The van der Waals surface area contributed by atoms with Gasteiger partial charge in [0.1, 0.15) is 5.69 Å². The van der Waals surface area contributed by atoms with Gasteiger partial charge in [-0.1, -0.05) is 48.5 Å². The Labute approximate surface area is 140 Å². The first-order valence-corrected chi connectivity index (χ1v) is 7.80. The molecule has 6 nitrogen and oxygen atoms in total. The van der Waals surface area contributed by atoms with Crippen molar-refractivity contribution in [1.29, 1.82) is 0 Å². The van der Waals surface area contributed by atoms with Crippen LogP contribution in [0, 0.1) is 0 Å². The van der Waals surface area contributed by atoms with Crippen molar-refractivity contribution >= 4 is 11.6 Å². The van der Waals surface area contributed by atoms with E-state index >= 15 is 0 Å². The molecule has 3 N–H and O–H groups in total. The van der Waals surface area contributed by atoms with Crippen LogP contribution in [0.1, 0.15) is 17.4 Å². The SMILES string of the molecule is C[C@@H](CNc1ccccc1)NC(=O)c1n[nH]nc1-c1ccccc1. The monoisotopic (exact) mass is 321 g/mol. The van der Waals surface area contributed by atoms with Crippen LogP contribution < -0.4 is 10.6 Å². The average molecular weight is 321 g/mol. The predicted octanol–water partition coefficient (Wildman–Crippen LogP) is 2.70. The maximum atomic E-state index is 12.5. The summed E-state index contributed by atoms with van der Waals surface area (Å²) in [6, 6.07) is 19.3. The normalized spacial score (nSPS) is 11.7. The fourth-order valence-corrected chi connectivity index (χ4v) is 2.36. The smallest absolute Gasteiger partial charge is 0.274 e. The fraction of sp³-hybridized carbons (Fsp3) is 0.167. The molecule has 6 heteroatoms. The van der Waals surface area contributed by atoms with Crippen molar-refractivity contribution in [2.75, 3.05) is 11.9 Å². The van der Waals surface area contributed by atoms with Gasteiger partial charge in [-0.15, -0.1) is 0 Å². The molecule has 0 fully saturated rings. The highest BCUT2D eigenvalue weighted by atomic mass is 16.2. The number of carbonyl (C=O) groups is 1. The standard InChI is InChI=1S/C18H19N5O/c1-13(12-19-15-10-6-3-7-11-15)20-18(24)17-16(21-23-22-17)14-8-4-2-5-9-14/h2-11,13,19H,12H2,1H3,(H,20,24)(H,21,22,23)/t13-/m0/s1. The molecule has 0 aliphatic rings. The zero-order chi connectivity index (χ0) is 16.8. The zero-order valence-electron chi connectivity index (χ0n) is 13.4. The summed E-state index contributed by atoms with van der Waals surface area (Å²) < 4.78 is 0. The number of para-hydroxylation sites is 1. The molecular weight excluding hydrogens is 302 g/mol. The number of hydrogen-bond acceptors (Lipinski definition) is 4. The molecule has 122 valence electrons. The number of aromatic nitrogens is 3. The zero-order valence-corrected chi connectivity index (χ0v) is 13.4. The molecule has 0 unspecified atom stereocenters. The Hall–Kier alpha value is -3.15. The van der Waals surface area contributed by atoms with Gasteiger partial charge in [-0.05, 0) is 19.1 Å². The van der Waals surface area contributed by atoms with E-state index in [1.807, 2.05) is 67.6 Å². The summed E-state index contributed by atoms with van der Waals surface area (Å²) in [7, 11) is 0. The van der Waals surface area contributed by atoms with Crippen LogP contribution in [0.4, 0.5) is 5.69 Å². The number of H-pyrrole nitrogens is 1. The number of nitrogens with zero attached hydrogens (tertiary/aromatic N) is 2. The van der Waals surface area contributed by atoms with Crippen molar-refractivity contribution in [3.63, 3.8) is 0 Å². The molecule has 3 aromatic rings. The molecule has 0 aliphatic heterocycles. The maximum absolute atomic E-state index is 12.5. The molecule has 0 spiro atoms. The highest BCUT2D eigenvalue weighted by Crippen LogP contribution is 2.18. The van der Waals surface area contributed by atoms with Crippen molar-refractivity contribution < 1.29 is 4.79 Å². The topological polar surface area (TPSA) is 82.7 Å². The molecule has 1 aromatic heterocycles. The van der Waals surface area contributed by atoms with E-state index in [9.17, 15) is 4.79 Å². The summed E-state index contributed by atoms with van der Waals surface area (Å²) in [5.41, 5.74) is 2.72. The molecule has 0 saturated heterocycles. The first-order chi connectivity index (χ1) is 11.7. The molecule has 24 heavy (non-hydrogen) atoms. The minimum atomic E-state index is -0.245. The van der Waals surface area contributed by atoms with E-state index in [2.05, 4.69) is 26.0 Å². The highest BCUT2D eigenvalue weighted by molar-refractivity contribution is 5.98.